The van der Waals surface area contributed by atoms with E-state index >= 15 is 0 Å². The van der Waals surface area contributed by atoms with Crippen LogP contribution in [0.3, 0.4) is 0 Å². The van der Waals surface area contributed by atoms with Crippen LogP contribution in [0.25, 0.3) is 0 Å². The van der Waals surface area contributed by atoms with E-state index in [4.69, 9.17) is 23.2 Å². The average molecular weight is 472 g/mol. The number of para-hydroxylation sites is 1. The molecule has 2 amide bonds. The molecule has 2 aromatic rings. The lowest BCUT2D eigenvalue weighted by Gasteiger charge is -2.22. The van der Waals surface area contributed by atoms with Gasteiger partial charge < -0.3 is 10.6 Å². The van der Waals surface area contributed by atoms with E-state index in [-0.39, 0.29) is 38.9 Å². The Hall–Kier alpha value is -2.29. The van der Waals surface area contributed by atoms with Gasteiger partial charge in [0.1, 0.15) is 6.54 Å². The molecule has 7 nitrogen and oxygen atoms in total. The number of rotatable bonds is 8. The maximum Gasteiger partial charge on any atom is 0.253 e. The van der Waals surface area contributed by atoms with Crippen molar-refractivity contribution in [2.75, 3.05) is 22.4 Å². The van der Waals surface area contributed by atoms with Crippen LogP contribution in [-0.4, -0.2) is 39.1 Å². The van der Waals surface area contributed by atoms with Crippen molar-refractivity contribution in [3.63, 3.8) is 0 Å². The van der Waals surface area contributed by atoms with E-state index < -0.39 is 22.5 Å². The van der Waals surface area contributed by atoms with E-state index in [0.717, 1.165) is 17.0 Å². The molecule has 0 unspecified atom stereocenters. The zero-order chi connectivity index (χ0) is 22.5. The molecule has 1 atom stereocenters. The standard InChI is InChI=1S/C20H23Cl2N3O4S/c1-4-13(2)23-20(27)15-7-5-6-8-18(15)24-19(26)12-25(30(3,28)29)14-9-10-16(21)17(22)11-14/h5-11,13H,4,12H2,1-3H3,(H,23,27)(H,24,26)/t13-/m1/s1. The fraction of sp³-hybridized carbons (Fsp3) is 0.300. The monoisotopic (exact) mass is 471 g/mol. The molecule has 0 aliphatic carbocycles. The minimum Gasteiger partial charge on any atom is -0.350 e. The molecule has 0 aromatic heterocycles. The van der Waals surface area contributed by atoms with Gasteiger partial charge in [-0.15, -0.1) is 0 Å². The van der Waals surface area contributed by atoms with Crippen molar-refractivity contribution >= 4 is 56.4 Å². The molecule has 10 heteroatoms. The lowest BCUT2D eigenvalue weighted by atomic mass is 10.1. The molecule has 2 N–H and O–H groups in total. The Morgan fingerprint density at radius 1 is 1.10 bits per heavy atom. The smallest absolute Gasteiger partial charge is 0.253 e. The molecule has 2 aromatic carbocycles. The van der Waals surface area contributed by atoms with Gasteiger partial charge in [-0.05, 0) is 43.7 Å². The topological polar surface area (TPSA) is 95.6 Å². The number of halogens is 2. The molecule has 30 heavy (non-hydrogen) atoms. The lowest BCUT2D eigenvalue weighted by molar-refractivity contribution is -0.114. The Morgan fingerprint density at radius 3 is 2.37 bits per heavy atom. The first-order valence-corrected chi connectivity index (χ1v) is 11.8. The molecule has 0 radical (unpaired) electrons. The molecule has 0 fully saturated rings. The second kappa shape index (κ2) is 10.1. The van der Waals surface area contributed by atoms with Gasteiger partial charge in [-0.1, -0.05) is 42.3 Å². The van der Waals surface area contributed by atoms with Gasteiger partial charge in [0.05, 0.1) is 33.2 Å². The molecule has 0 saturated heterocycles. The van der Waals surface area contributed by atoms with Crippen LogP contribution in [0.5, 0.6) is 0 Å². The summed E-state index contributed by atoms with van der Waals surface area (Å²) in [6.45, 7) is 3.32. The predicted molar refractivity (Wildman–Crippen MR) is 121 cm³/mol. The van der Waals surface area contributed by atoms with Crippen LogP contribution >= 0.6 is 23.2 Å². The number of hydrogen-bond donors (Lipinski definition) is 2. The number of amides is 2. The molecule has 0 saturated carbocycles. The largest absolute Gasteiger partial charge is 0.350 e. The molecule has 0 bridgehead atoms. The Bertz CT molecular complexity index is 1040. The van der Waals surface area contributed by atoms with E-state index in [1.807, 2.05) is 13.8 Å². The Labute approximate surface area is 186 Å². The summed E-state index contributed by atoms with van der Waals surface area (Å²) in [6, 6.07) is 10.7. The van der Waals surface area contributed by atoms with Crippen LogP contribution in [0.1, 0.15) is 30.6 Å². The fourth-order valence-corrected chi connectivity index (χ4v) is 3.69. The van der Waals surface area contributed by atoms with E-state index in [1.54, 1.807) is 24.3 Å². The van der Waals surface area contributed by atoms with Gasteiger partial charge in [0.15, 0.2) is 0 Å². The van der Waals surface area contributed by atoms with Crippen molar-refractivity contribution in [3.05, 3.63) is 58.1 Å². The average Bonchev–Trinajstić information content (AvgIpc) is 2.67. The first-order valence-electron chi connectivity index (χ1n) is 9.15. The molecular weight excluding hydrogens is 449 g/mol. The number of benzene rings is 2. The van der Waals surface area contributed by atoms with Crippen LogP contribution in [0.4, 0.5) is 11.4 Å². The number of nitrogens with one attached hydrogen (secondary N) is 2. The second-order valence-electron chi connectivity index (χ2n) is 6.74. The molecule has 2 rings (SSSR count). The highest BCUT2D eigenvalue weighted by molar-refractivity contribution is 7.92. The van der Waals surface area contributed by atoms with Crippen LogP contribution in [-0.2, 0) is 14.8 Å². The molecule has 162 valence electrons. The summed E-state index contributed by atoms with van der Waals surface area (Å²) in [4.78, 5) is 25.1. The van der Waals surface area contributed by atoms with Crippen LogP contribution < -0.4 is 14.9 Å². The van der Waals surface area contributed by atoms with Gasteiger partial charge in [0, 0.05) is 6.04 Å². The van der Waals surface area contributed by atoms with Gasteiger partial charge in [-0.3, -0.25) is 13.9 Å². The maximum atomic E-state index is 12.6. The normalized spacial score (nSPS) is 12.2. The molecule has 0 heterocycles. The third-order valence-electron chi connectivity index (χ3n) is 4.31. The molecule has 0 aliphatic heterocycles. The molecular formula is C20H23Cl2N3O4S. The van der Waals surface area contributed by atoms with Crippen molar-refractivity contribution in [3.8, 4) is 0 Å². The second-order valence-corrected chi connectivity index (χ2v) is 9.47. The van der Waals surface area contributed by atoms with E-state index in [9.17, 15) is 18.0 Å². The number of nitrogens with zero attached hydrogens (tertiary/aromatic N) is 1. The van der Waals surface area contributed by atoms with Gasteiger partial charge in [0.25, 0.3) is 5.91 Å². The summed E-state index contributed by atoms with van der Waals surface area (Å²) in [5, 5.41) is 5.88. The van der Waals surface area contributed by atoms with Gasteiger partial charge in [-0.25, -0.2) is 8.42 Å². The third kappa shape index (κ3) is 6.35. The van der Waals surface area contributed by atoms with Crippen molar-refractivity contribution < 1.29 is 18.0 Å². The fourth-order valence-electron chi connectivity index (χ4n) is 2.55. The third-order valence-corrected chi connectivity index (χ3v) is 6.19. The minimum absolute atomic E-state index is 0.0309. The van der Waals surface area contributed by atoms with E-state index in [2.05, 4.69) is 10.6 Å². The van der Waals surface area contributed by atoms with Crippen molar-refractivity contribution in [2.24, 2.45) is 0 Å². The molecule has 0 spiro atoms. The SMILES string of the molecule is CC[C@@H](C)NC(=O)c1ccccc1NC(=O)CN(c1ccc(Cl)c(Cl)c1)S(C)(=O)=O. The summed E-state index contributed by atoms with van der Waals surface area (Å²) in [5.41, 5.74) is 0.766. The summed E-state index contributed by atoms with van der Waals surface area (Å²) >= 11 is 11.9. The summed E-state index contributed by atoms with van der Waals surface area (Å²) < 4.78 is 25.4. The van der Waals surface area contributed by atoms with Crippen LogP contribution in [0.15, 0.2) is 42.5 Å². The highest BCUT2D eigenvalue weighted by Gasteiger charge is 2.23. The van der Waals surface area contributed by atoms with E-state index in [0.29, 0.717) is 0 Å². The number of carbonyl (C=O) groups excluding carboxylic acids is 2. The number of sulfonamides is 1. The number of carbonyl (C=O) groups is 2. The Kier molecular flexibility index (Phi) is 8.11. The quantitative estimate of drug-likeness (QED) is 0.609. The first-order chi connectivity index (χ1) is 14.0. The summed E-state index contributed by atoms with van der Waals surface area (Å²) in [7, 11) is -3.79. The maximum absolute atomic E-state index is 12.6. The molecule has 0 aliphatic rings. The Morgan fingerprint density at radius 2 is 1.77 bits per heavy atom. The van der Waals surface area contributed by atoms with Crippen LogP contribution in [0, 0.1) is 0 Å². The number of anilines is 2. The van der Waals surface area contributed by atoms with Gasteiger partial charge >= 0.3 is 0 Å². The lowest BCUT2D eigenvalue weighted by Crippen LogP contribution is -2.38. The summed E-state index contributed by atoms with van der Waals surface area (Å²) in [6.07, 6.45) is 1.74. The number of hydrogen-bond acceptors (Lipinski definition) is 4. The van der Waals surface area contributed by atoms with Crippen molar-refractivity contribution in [1.29, 1.82) is 0 Å². The van der Waals surface area contributed by atoms with Crippen molar-refractivity contribution in [1.82, 2.24) is 5.32 Å². The minimum atomic E-state index is -3.79. The zero-order valence-electron chi connectivity index (χ0n) is 16.8. The van der Waals surface area contributed by atoms with Gasteiger partial charge in [0.2, 0.25) is 15.9 Å². The first kappa shape index (κ1) is 24.0. The van der Waals surface area contributed by atoms with E-state index in [1.165, 1.54) is 18.2 Å². The van der Waals surface area contributed by atoms with Crippen molar-refractivity contribution in [2.45, 2.75) is 26.3 Å². The highest BCUT2D eigenvalue weighted by Crippen LogP contribution is 2.28. The Balaban J connectivity index is 2.24. The zero-order valence-corrected chi connectivity index (χ0v) is 19.1. The van der Waals surface area contributed by atoms with Gasteiger partial charge in [-0.2, -0.15) is 0 Å². The highest BCUT2D eigenvalue weighted by atomic mass is 35.5. The summed E-state index contributed by atoms with van der Waals surface area (Å²) in [5.74, 6) is -0.944. The van der Waals surface area contributed by atoms with Crippen LogP contribution in [0.2, 0.25) is 10.0 Å². The predicted octanol–water partition coefficient (Wildman–Crippen LogP) is 3.93.